The summed E-state index contributed by atoms with van der Waals surface area (Å²) >= 11 is 0. The van der Waals surface area contributed by atoms with Crippen LogP contribution in [0, 0.1) is 0 Å². The summed E-state index contributed by atoms with van der Waals surface area (Å²) in [5, 5.41) is 0. The van der Waals surface area contributed by atoms with Gasteiger partial charge in [0.05, 0.1) is 19.5 Å². The van der Waals surface area contributed by atoms with Crippen LogP contribution in [-0.4, -0.2) is 4.57 Å². The molecule has 0 aliphatic carbocycles. The SMILES string of the molecule is CCCCCCCCCCn1cc(CC(C)c2ccccc2)[n+](CCC)c1Cc1ccccc1. The Kier molecular flexibility index (Phi) is 11.4. The van der Waals surface area contributed by atoms with Crippen LogP contribution in [0.4, 0.5) is 0 Å². The molecule has 184 valence electrons. The van der Waals surface area contributed by atoms with Gasteiger partial charge < -0.3 is 0 Å². The lowest BCUT2D eigenvalue weighted by molar-refractivity contribution is -0.710. The van der Waals surface area contributed by atoms with Gasteiger partial charge in [-0.3, -0.25) is 0 Å². The fraction of sp³-hybridized carbons (Fsp3) is 0.531. The van der Waals surface area contributed by atoms with Gasteiger partial charge in [-0.1, -0.05) is 120 Å². The molecule has 0 saturated carbocycles. The van der Waals surface area contributed by atoms with E-state index < -0.39 is 0 Å². The first-order chi connectivity index (χ1) is 16.7. The number of benzene rings is 2. The van der Waals surface area contributed by atoms with Crippen molar-refractivity contribution < 1.29 is 4.57 Å². The molecule has 0 aliphatic rings. The van der Waals surface area contributed by atoms with Gasteiger partial charge in [-0.05, 0) is 36.3 Å². The van der Waals surface area contributed by atoms with E-state index in [1.54, 1.807) is 0 Å². The Morgan fingerprint density at radius 3 is 2.00 bits per heavy atom. The van der Waals surface area contributed by atoms with Crippen molar-refractivity contribution in [2.75, 3.05) is 0 Å². The molecule has 1 unspecified atom stereocenters. The molecule has 2 nitrogen and oxygen atoms in total. The number of nitrogens with zero attached hydrogens (tertiary/aromatic N) is 2. The van der Waals surface area contributed by atoms with Crippen LogP contribution in [0.5, 0.6) is 0 Å². The third kappa shape index (κ3) is 8.15. The zero-order valence-electron chi connectivity index (χ0n) is 22.0. The van der Waals surface area contributed by atoms with Crippen molar-refractivity contribution in [1.29, 1.82) is 0 Å². The smallest absolute Gasteiger partial charge is 0.234 e. The minimum absolute atomic E-state index is 0.521. The lowest BCUT2D eigenvalue weighted by Gasteiger charge is -2.11. The first kappa shape index (κ1) is 26.3. The average molecular weight is 460 g/mol. The molecule has 0 saturated heterocycles. The number of unbranched alkanes of at least 4 members (excludes halogenated alkanes) is 7. The van der Waals surface area contributed by atoms with Crippen LogP contribution in [0.25, 0.3) is 0 Å². The van der Waals surface area contributed by atoms with Gasteiger partial charge in [0.2, 0.25) is 0 Å². The predicted octanol–water partition coefficient (Wildman–Crippen LogP) is 8.26. The molecule has 1 aromatic heterocycles. The summed E-state index contributed by atoms with van der Waals surface area (Å²) in [6.07, 6.45) is 16.7. The van der Waals surface area contributed by atoms with Gasteiger partial charge in [0.1, 0.15) is 11.9 Å². The highest BCUT2D eigenvalue weighted by molar-refractivity contribution is 5.21. The monoisotopic (exact) mass is 459 g/mol. The molecule has 0 bridgehead atoms. The number of aromatic nitrogens is 2. The Morgan fingerprint density at radius 1 is 0.735 bits per heavy atom. The maximum absolute atomic E-state index is 2.64. The Balaban J connectivity index is 1.74. The van der Waals surface area contributed by atoms with E-state index in [0.29, 0.717) is 5.92 Å². The van der Waals surface area contributed by atoms with E-state index >= 15 is 0 Å². The summed E-state index contributed by atoms with van der Waals surface area (Å²) in [6.45, 7) is 9.21. The average Bonchev–Trinajstić information content (AvgIpc) is 3.17. The highest BCUT2D eigenvalue weighted by atomic mass is 15.2. The van der Waals surface area contributed by atoms with E-state index in [1.165, 1.54) is 80.4 Å². The summed E-state index contributed by atoms with van der Waals surface area (Å²) in [6, 6.07) is 22.0. The van der Waals surface area contributed by atoms with Gasteiger partial charge in [0, 0.05) is 6.42 Å². The predicted molar refractivity (Wildman–Crippen MR) is 145 cm³/mol. The molecular weight excluding hydrogens is 412 g/mol. The fourth-order valence-electron chi connectivity index (χ4n) is 5.10. The standard InChI is InChI=1S/C32H47N2/c1-4-6-7-8-9-10-11-18-24-33-27-31(25-28(3)30-21-16-13-17-22-30)34(23-5-2)32(33)26-29-19-14-12-15-20-29/h12-17,19-22,27-28H,4-11,18,23-26H2,1-3H3/q+1. The molecule has 2 aromatic carbocycles. The Labute approximate surface area is 209 Å². The van der Waals surface area contributed by atoms with Crippen LogP contribution in [0.15, 0.2) is 66.9 Å². The van der Waals surface area contributed by atoms with Crippen molar-refractivity contribution in [3.8, 4) is 0 Å². The molecule has 0 fully saturated rings. The number of aryl methyl sites for hydroxylation is 1. The minimum atomic E-state index is 0.521. The van der Waals surface area contributed by atoms with E-state index in [9.17, 15) is 0 Å². The summed E-state index contributed by atoms with van der Waals surface area (Å²) < 4.78 is 5.23. The second-order valence-electron chi connectivity index (χ2n) is 10.0. The van der Waals surface area contributed by atoms with Gasteiger partial charge in [0.15, 0.2) is 0 Å². The van der Waals surface area contributed by atoms with Crippen LogP contribution in [0.3, 0.4) is 0 Å². The third-order valence-electron chi connectivity index (χ3n) is 7.08. The zero-order chi connectivity index (χ0) is 24.0. The van der Waals surface area contributed by atoms with Crippen molar-refractivity contribution in [3.05, 3.63) is 89.5 Å². The van der Waals surface area contributed by atoms with Crippen molar-refractivity contribution >= 4 is 0 Å². The first-order valence-corrected chi connectivity index (χ1v) is 13.9. The molecule has 1 heterocycles. The molecule has 0 N–H and O–H groups in total. The Hall–Kier alpha value is -2.35. The third-order valence-corrected chi connectivity index (χ3v) is 7.08. The summed E-state index contributed by atoms with van der Waals surface area (Å²) in [4.78, 5) is 0. The number of rotatable bonds is 16. The van der Waals surface area contributed by atoms with Gasteiger partial charge in [-0.15, -0.1) is 0 Å². The van der Waals surface area contributed by atoms with E-state index in [-0.39, 0.29) is 0 Å². The second-order valence-corrected chi connectivity index (χ2v) is 10.0. The molecule has 3 aromatic rings. The molecule has 1 atom stereocenters. The van der Waals surface area contributed by atoms with Crippen molar-refractivity contribution in [1.82, 2.24) is 4.57 Å². The minimum Gasteiger partial charge on any atom is -0.234 e. The van der Waals surface area contributed by atoms with Crippen molar-refractivity contribution in [2.45, 2.75) is 110 Å². The highest BCUT2D eigenvalue weighted by Crippen LogP contribution is 2.21. The summed E-state index contributed by atoms with van der Waals surface area (Å²) in [5.41, 5.74) is 4.33. The van der Waals surface area contributed by atoms with Crippen LogP contribution in [0.2, 0.25) is 0 Å². The molecule has 0 spiro atoms. The van der Waals surface area contributed by atoms with Crippen molar-refractivity contribution in [2.24, 2.45) is 0 Å². The molecule has 34 heavy (non-hydrogen) atoms. The molecule has 0 aliphatic heterocycles. The molecular formula is C32H47N2+. The first-order valence-electron chi connectivity index (χ1n) is 13.9. The zero-order valence-corrected chi connectivity index (χ0v) is 22.0. The maximum Gasteiger partial charge on any atom is 0.261 e. The van der Waals surface area contributed by atoms with Crippen molar-refractivity contribution in [3.63, 3.8) is 0 Å². The molecule has 0 amide bonds. The van der Waals surface area contributed by atoms with E-state index in [0.717, 1.165) is 25.9 Å². The van der Waals surface area contributed by atoms with Crippen LogP contribution >= 0.6 is 0 Å². The van der Waals surface area contributed by atoms with E-state index in [4.69, 9.17) is 0 Å². The largest absolute Gasteiger partial charge is 0.261 e. The normalized spacial score (nSPS) is 12.2. The van der Waals surface area contributed by atoms with Gasteiger partial charge in [0.25, 0.3) is 5.82 Å². The lowest BCUT2D eigenvalue weighted by atomic mass is 9.96. The maximum atomic E-state index is 2.64. The quantitative estimate of drug-likeness (QED) is 0.151. The number of hydrogen-bond acceptors (Lipinski definition) is 0. The van der Waals surface area contributed by atoms with Crippen LogP contribution in [-0.2, 0) is 25.9 Å². The van der Waals surface area contributed by atoms with E-state index in [1.807, 2.05) is 0 Å². The Morgan fingerprint density at radius 2 is 1.35 bits per heavy atom. The lowest BCUT2D eigenvalue weighted by Crippen LogP contribution is -2.41. The van der Waals surface area contributed by atoms with Crippen LogP contribution < -0.4 is 4.57 Å². The number of hydrogen-bond donors (Lipinski definition) is 0. The second kappa shape index (κ2) is 14.8. The number of imidazole rings is 1. The fourth-order valence-corrected chi connectivity index (χ4v) is 5.10. The highest BCUT2D eigenvalue weighted by Gasteiger charge is 2.24. The van der Waals surface area contributed by atoms with Gasteiger partial charge in [-0.25, -0.2) is 9.13 Å². The van der Waals surface area contributed by atoms with Gasteiger partial charge >= 0.3 is 0 Å². The van der Waals surface area contributed by atoms with Gasteiger partial charge in [-0.2, -0.15) is 0 Å². The summed E-state index contributed by atoms with van der Waals surface area (Å²) in [7, 11) is 0. The molecule has 0 radical (unpaired) electrons. The van der Waals surface area contributed by atoms with E-state index in [2.05, 4.69) is 96.8 Å². The molecule has 2 heteroatoms. The Bertz CT molecular complexity index is 926. The molecule has 3 rings (SSSR count). The summed E-state index contributed by atoms with van der Waals surface area (Å²) in [5.74, 6) is 2.00. The topological polar surface area (TPSA) is 8.81 Å². The van der Waals surface area contributed by atoms with Crippen LogP contribution in [0.1, 0.15) is 107 Å².